The third-order valence-corrected chi connectivity index (χ3v) is 11.2. The molecule has 6 rings (SSSR count). The molecule has 1 heterocycles. The van der Waals surface area contributed by atoms with E-state index < -0.39 is 0 Å². The van der Waals surface area contributed by atoms with E-state index in [2.05, 4.69) is 60.1 Å². The Balaban J connectivity index is 1.22. The van der Waals surface area contributed by atoms with Gasteiger partial charge in [-0.1, -0.05) is 41.4 Å². The van der Waals surface area contributed by atoms with Crippen molar-refractivity contribution in [1.29, 1.82) is 0 Å². The lowest BCUT2D eigenvalue weighted by Crippen LogP contribution is -2.51. The van der Waals surface area contributed by atoms with Crippen LogP contribution < -0.4 is 0 Å². The number of hydrogen-bond acceptors (Lipinski definition) is 3. The molecule has 33 heavy (non-hydrogen) atoms. The van der Waals surface area contributed by atoms with E-state index in [9.17, 15) is 5.11 Å². The van der Waals surface area contributed by atoms with Crippen LogP contribution >= 0.6 is 15.9 Å². The summed E-state index contributed by atoms with van der Waals surface area (Å²) in [6.07, 6.45) is 13.4. The zero-order chi connectivity index (χ0) is 22.8. The highest BCUT2D eigenvalue weighted by molar-refractivity contribution is 9.10. The number of aliphatic imine (C=N–C) groups is 1. The summed E-state index contributed by atoms with van der Waals surface area (Å²) in [6, 6.07) is 8.39. The predicted molar refractivity (Wildman–Crippen MR) is 136 cm³/mol. The van der Waals surface area contributed by atoms with E-state index >= 15 is 0 Å². The fourth-order valence-electron chi connectivity index (χ4n) is 8.86. The largest absolute Gasteiger partial charge is 0.474 e. The van der Waals surface area contributed by atoms with Crippen molar-refractivity contribution in [3.63, 3.8) is 0 Å². The van der Waals surface area contributed by atoms with E-state index in [4.69, 9.17) is 9.73 Å². The number of aliphatic hydroxyl groups is 1. The lowest BCUT2D eigenvalue weighted by atomic mass is 9.47. The van der Waals surface area contributed by atoms with Crippen LogP contribution in [0.15, 0.2) is 45.4 Å². The van der Waals surface area contributed by atoms with Crippen LogP contribution in [-0.2, 0) is 4.74 Å². The number of nitrogens with zero attached hydrogens (tertiary/aromatic N) is 1. The first-order chi connectivity index (χ1) is 15.9. The Morgan fingerprint density at radius 2 is 1.76 bits per heavy atom. The number of benzene rings is 1. The summed E-state index contributed by atoms with van der Waals surface area (Å²) < 4.78 is 7.75. The van der Waals surface area contributed by atoms with E-state index in [0.717, 1.165) is 59.5 Å². The van der Waals surface area contributed by atoms with Gasteiger partial charge in [-0.3, -0.25) is 4.99 Å². The van der Waals surface area contributed by atoms with Gasteiger partial charge in [-0.15, -0.1) is 0 Å². The van der Waals surface area contributed by atoms with E-state index in [0.29, 0.717) is 22.9 Å². The molecular weight excluding hydrogens is 474 g/mol. The third-order valence-electron chi connectivity index (χ3n) is 10.6. The molecular formula is C29H38BrNO2. The molecule has 8 atom stereocenters. The fourth-order valence-corrected chi connectivity index (χ4v) is 9.13. The minimum Gasteiger partial charge on any atom is -0.474 e. The Morgan fingerprint density at radius 1 is 0.970 bits per heavy atom. The summed E-state index contributed by atoms with van der Waals surface area (Å²) in [5.41, 5.74) is 3.38. The molecule has 1 aromatic carbocycles. The first kappa shape index (κ1) is 22.3. The maximum Gasteiger partial charge on any atom is 0.216 e. The molecule has 5 aliphatic rings. The monoisotopic (exact) mass is 511 g/mol. The minimum absolute atomic E-state index is 0.115. The Labute approximate surface area is 207 Å². The lowest BCUT2D eigenvalue weighted by molar-refractivity contribution is -0.0698. The van der Waals surface area contributed by atoms with Crippen molar-refractivity contribution in [2.24, 2.45) is 39.5 Å². The average Bonchev–Trinajstić information content (AvgIpc) is 3.17. The molecule has 1 aromatic rings. The van der Waals surface area contributed by atoms with Crippen LogP contribution in [0, 0.1) is 34.5 Å². The molecule has 0 saturated heterocycles. The Morgan fingerprint density at radius 3 is 2.58 bits per heavy atom. The maximum absolute atomic E-state index is 10.3. The number of hydrogen-bond donors (Lipinski definition) is 1. The van der Waals surface area contributed by atoms with Crippen LogP contribution in [-0.4, -0.2) is 29.8 Å². The molecule has 1 N–H and O–H groups in total. The van der Waals surface area contributed by atoms with Gasteiger partial charge in [0.1, 0.15) is 6.10 Å². The summed E-state index contributed by atoms with van der Waals surface area (Å²) in [5.74, 6) is 3.89. The molecule has 4 aliphatic carbocycles. The van der Waals surface area contributed by atoms with Gasteiger partial charge in [0.05, 0.1) is 6.10 Å². The van der Waals surface area contributed by atoms with Crippen molar-refractivity contribution in [2.45, 2.75) is 83.8 Å². The molecule has 3 fully saturated rings. The van der Waals surface area contributed by atoms with Gasteiger partial charge < -0.3 is 9.84 Å². The second kappa shape index (κ2) is 8.22. The summed E-state index contributed by atoms with van der Waals surface area (Å²) in [6.45, 7) is 6.01. The van der Waals surface area contributed by atoms with E-state index in [1.807, 2.05) is 0 Å². The lowest BCUT2D eigenvalue weighted by Gasteiger charge is -2.58. The number of ether oxygens (including phenoxy) is 1. The Bertz CT molecular complexity index is 970. The Kier molecular flexibility index (Phi) is 5.57. The van der Waals surface area contributed by atoms with Gasteiger partial charge in [-0.25, -0.2) is 0 Å². The third kappa shape index (κ3) is 3.57. The number of rotatable bonds is 2. The SMILES string of the molecule is C[C@]12CC[C@H]3[C@@H](CC=C4C[C@@H](O)CC[C@@]43C)[C@@H]1CC[C@@H]2[C@H]1CCN=C(c2ccc(Br)cc2)O1. The van der Waals surface area contributed by atoms with Gasteiger partial charge in [0.15, 0.2) is 0 Å². The molecule has 0 radical (unpaired) electrons. The highest BCUT2D eigenvalue weighted by Gasteiger charge is 2.60. The maximum atomic E-state index is 10.3. The zero-order valence-electron chi connectivity index (χ0n) is 20.1. The van der Waals surface area contributed by atoms with Crippen LogP contribution in [0.2, 0.25) is 0 Å². The second-order valence-corrected chi connectivity index (χ2v) is 12.9. The van der Waals surface area contributed by atoms with Gasteiger partial charge in [-0.2, -0.15) is 0 Å². The number of aliphatic hydroxyl groups excluding tert-OH is 1. The topological polar surface area (TPSA) is 41.8 Å². The molecule has 178 valence electrons. The van der Waals surface area contributed by atoms with Crippen LogP contribution in [0.1, 0.15) is 77.2 Å². The second-order valence-electron chi connectivity index (χ2n) is 12.0. The molecule has 0 amide bonds. The number of fused-ring (bicyclic) bond motifs is 5. The summed E-state index contributed by atoms with van der Waals surface area (Å²) in [4.78, 5) is 4.75. The zero-order valence-corrected chi connectivity index (χ0v) is 21.7. The summed E-state index contributed by atoms with van der Waals surface area (Å²) >= 11 is 3.54. The number of allylic oxidation sites excluding steroid dienone is 1. The van der Waals surface area contributed by atoms with Crippen molar-refractivity contribution >= 4 is 21.8 Å². The van der Waals surface area contributed by atoms with E-state index in [1.165, 1.54) is 38.5 Å². The molecule has 0 aromatic heterocycles. The quantitative estimate of drug-likeness (QED) is 0.437. The van der Waals surface area contributed by atoms with Gasteiger partial charge in [-0.05, 0) is 104 Å². The first-order valence-corrected chi connectivity index (χ1v) is 14.0. The van der Waals surface area contributed by atoms with Crippen molar-refractivity contribution in [1.82, 2.24) is 0 Å². The van der Waals surface area contributed by atoms with Crippen LogP contribution in [0.4, 0.5) is 0 Å². The van der Waals surface area contributed by atoms with Crippen LogP contribution in [0.3, 0.4) is 0 Å². The van der Waals surface area contributed by atoms with Gasteiger partial charge in [0.25, 0.3) is 0 Å². The predicted octanol–water partition coefficient (Wildman–Crippen LogP) is 6.92. The standard InChI is InChI=1S/C29H38BrNO2/c1-28-14-11-21(32)17-19(28)5-8-22-23-9-10-25(29(23,2)15-12-24(22)28)26-13-16-31-27(33-26)18-3-6-20(30)7-4-18/h3-7,21-26,32H,8-17H2,1-2H3/t21-,22-,23-,24-,25+,26+,28-,29-/m0/s1. The van der Waals surface area contributed by atoms with Crippen LogP contribution in [0.25, 0.3) is 0 Å². The van der Waals surface area contributed by atoms with Crippen molar-refractivity contribution < 1.29 is 9.84 Å². The molecule has 0 spiro atoms. The van der Waals surface area contributed by atoms with E-state index in [1.54, 1.807) is 5.57 Å². The molecule has 4 heteroatoms. The van der Waals surface area contributed by atoms with Gasteiger partial charge in [0, 0.05) is 28.9 Å². The highest BCUT2D eigenvalue weighted by atomic mass is 79.9. The van der Waals surface area contributed by atoms with Gasteiger partial charge in [0.2, 0.25) is 5.90 Å². The van der Waals surface area contributed by atoms with E-state index in [-0.39, 0.29) is 6.10 Å². The number of halogens is 1. The van der Waals surface area contributed by atoms with Crippen molar-refractivity contribution in [3.05, 3.63) is 46.0 Å². The molecule has 3 saturated carbocycles. The molecule has 0 unspecified atom stereocenters. The highest BCUT2D eigenvalue weighted by Crippen LogP contribution is 2.67. The Hall–Kier alpha value is -1.13. The van der Waals surface area contributed by atoms with Crippen molar-refractivity contribution in [2.75, 3.05) is 6.54 Å². The van der Waals surface area contributed by atoms with Crippen LogP contribution in [0.5, 0.6) is 0 Å². The average molecular weight is 513 g/mol. The van der Waals surface area contributed by atoms with Crippen molar-refractivity contribution in [3.8, 4) is 0 Å². The molecule has 0 bridgehead atoms. The molecule has 1 aliphatic heterocycles. The molecule has 3 nitrogen and oxygen atoms in total. The fraction of sp³-hybridized carbons (Fsp3) is 0.690. The first-order valence-electron chi connectivity index (χ1n) is 13.2. The smallest absolute Gasteiger partial charge is 0.216 e. The van der Waals surface area contributed by atoms with Gasteiger partial charge >= 0.3 is 0 Å². The summed E-state index contributed by atoms with van der Waals surface area (Å²) in [5, 5.41) is 10.3. The summed E-state index contributed by atoms with van der Waals surface area (Å²) in [7, 11) is 0. The normalized spacial score (nSPS) is 44.6. The minimum atomic E-state index is -0.115.